The third-order valence-corrected chi connectivity index (χ3v) is 2.80. The molecule has 0 radical (unpaired) electrons. The van der Waals surface area contributed by atoms with Gasteiger partial charge in [-0.15, -0.1) is 11.3 Å². The normalized spacial score (nSPS) is 10.3. The fourth-order valence-corrected chi connectivity index (χ4v) is 1.88. The van der Waals surface area contributed by atoms with E-state index in [2.05, 4.69) is 10.3 Å². The zero-order valence-electron chi connectivity index (χ0n) is 8.95. The molecule has 0 unspecified atom stereocenters. The van der Waals surface area contributed by atoms with Crippen LogP contribution in [-0.4, -0.2) is 17.4 Å². The molecule has 0 saturated heterocycles. The van der Waals surface area contributed by atoms with Gasteiger partial charge in [0.2, 0.25) is 5.91 Å². The molecule has 84 valence electrons. The molecule has 0 aliphatic carbocycles. The molecule has 1 rings (SSSR count). The number of amides is 1. The molecule has 0 bridgehead atoms. The van der Waals surface area contributed by atoms with Crippen molar-refractivity contribution in [2.75, 3.05) is 11.9 Å². The first kappa shape index (κ1) is 12.1. The molecule has 3 N–H and O–H groups in total. The number of hydrogen-bond acceptors (Lipinski definition) is 4. The number of nitrogens with two attached hydrogens (primary N) is 1. The number of carbonyl (C=O) groups excluding carboxylic acids is 1. The van der Waals surface area contributed by atoms with Crippen molar-refractivity contribution in [2.45, 2.75) is 32.6 Å². The van der Waals surface area contributed by atoms with Crippen molar-refractivity contribution < 1.29 is 4.79 Å². The average Bonchev–Trinajstić information content (AvgIpc) is 2.59. The first-order valence-electron chi connectivity index (χ1n) is 5.14. The van der Waals surface area contributed by atoms with Gasteiger partial charge in [-0.05, 0) is 26.3 Å². The Morgan fingerprint density at radius 3 is 2.93 bits per heavy atom. The van der Waals surface area contributed by atoms with E-state index in [4.69, 9.17) is 5.73 Å². The second kappa shape index (κ2) is 6.53. The molecule has 0 aliphatic rings. The van der Waals surface area contributed by atoms with Crippen LogP contribution < -0.4 is 11.1 Å². The Hall–Kier alpha value is -0.940. The number of nitrogens with one attached hydrogen (secondary N) is 1. The number of rotatable bonds is 6. The molecule has 1 aromatic heterocycles. The number of carbonyl (C=O) groups is 1. The standard InChI is InChI=1S/C10H17N3OS/c1-8-7-12-10(15-8)13-9(14)5-3-2-4-6-11/h7H,2-6,11H2,1H3,(H,12,13,14). The lowest BCUT2D eigenvalue weighted by atomic mass is 10.2. The van der Waals surface area contributed by atoms with Crippen LogP contribution in [0.5, 0.6) is 0 Å². The van der Waals surface area contributed by atoms with Crippen LogP contribution in [-0.2, 0) is 4.79 Å². The summed E-state index contributed by atoms with van der Waals surface area (Å²) < 4.78 is 0. The Balaban J connectivity index is 2.18. The topological polar surface area (TPSA) is 68.0 Å². The number of anilines is 1. The quantitative estimate of drug-likeness (QED) is 0.729. The molecular weight excluding hydrogens is 210 g/mol. The van der Waals surface area contributed by atoms with Crippen molar-refractivity contribution in [3.05, 3.63) is 11.1 Å². The molecular formula is C10H17N3OS. The molecule has 0 atom stereocenters. The SMILES string of the molecule is Cc1cnc(NC(=O)CCCCCN)s1. The number of thiazole rings is 1. The lowest BCUT2D eigenvalue weighted by molar-refractivity contribution is -0.116. The van der Waals surface area contributed by atoms with Crippen molar-refractivity contribution in [1.82, 2.24) is 4.98 Å². The Morgan fingerprint density at radius 2 is 2.33 bits per heavy atom. The van der Waals surface area contributed by atoms with Gasteiger partial charge in [-0.25, -0.2) is 4.98 Å². The highest BCUT2D eigenvalue weighted by Crippen LogP contribution is 2.16. The predicted molar refractivity (Wildman–Crippen MR) is 63.0 cm³/mol. The Morgan fingerprint density at radius 1 is 1.53 bits per heavy atom. The minimum absolute atomic E-state index is 0.0429. The summed E-state index contributed by atoms with van der Waals surface area (Å²) in [5.74, 6) is 0.0429. The van der Waals surface area contributed by atoms with Gasteiger partial charge >= 0.3 is 0 Å². The van der Waals surface area contributed by atoms with Crippen LogP contribution in [0.2, 0.25) is 0 Å². The summed E-state index contributed by atoms with van der Waals surface area (Å²) >= 11 is 1.50. The van der Waals surface area contributed by atoms with Gasteiger partial charge in [0.25, 0.3) is 0 Å². The lowest BCUT2D eigenvalue weighted by Gasteiger charge is -2.00. The van der Waals surface area contributed by atoms with E-state index in [1.165, 1.54) is 11.3 Å². The number of nitrogens with zero attached hydrogens (tertiary/aromatic N) is 1. The summed E-state index contributed by atoms with van der Waals surface area (Å²) in [6.45, 7) is 2.67. The van der Waals surface area contributed by atoms with Crippen LogP contribution in [0.4, 0.5) is 5.13 Å². The molecule has 4 nitrogen and oxygen atoms in total. The minimum atomic E-state index is 0.0429. The highest BCUT2D eigenvalue weighted by atomic mass is 32.1. The van der Waals surface area contributed by atoms with Gasteiger partial charge in [-0.2, -0.15) is 0 Å². The van der Waals surface area contributed by atoms with Gasteiger partial charge in [0.1, 0.15) is 0 Å². The monoisotopic (exact) mass is 227 g/mol. The van der Waals surface area contributed by atoms with Gasteiger partial charge < -0.3 is 11.1 Å². The van der Waals surface area contributed by atoms with Crippen LogP contribution in [0.1, 0.15) is 30.6 Å². The van der Waals surface area contributed by atoms with E-state index in [1.54, 1.807) is 6.20 Å². The van der Waals surface area contributed by atoms with Crippen molar-refractivity contribution in [3.8, 4) is 0 Å². The number of aromatic nitrogens is 1. The van der Waals surface area contributed by atoms with Crippen molar-refractivity contribution >= 4 is 22.4 Å². The predicted octanol–water partition coefficient (Wildman–Crippen LogP) is 1.91. The highest BCUT2D eigenvalue weighted by Gasteiger charge is 2.04. The summed E-state index contributed by atoms with van der Waals surface area (Å²) in [6.07, 6.45) is 5.21. The van der Waals surface area contributed by atoms with Gasteiger partial charge in [-0.1, -0.05) is 6.42 Å². The largest absolute Gasteiger partial charge is 0.330 e. The van der Waals surface area contributed by atoms with E-state index >= 15 is 0 Å². The van der Waals surface area contributed by atoms with Gasteiger partial charge in [0.15, 0.2) is 5.13 Å². The lowest BCUT2D eigenvalue weighted by Crippen LogP contribution is -2.11. The molecule has 1 heterocycles. The number of aryl methyl sites for hydroxylation is 1. The first-order chi connectivity index (χ1) is 7.22. The third-order valence-electron chi connectivity index (χ3n) is 1.98. The molecule has 0 saturated carbocycles. The van der Waals surface area contributed by atoms with E-state index in [9.17, 15) is 4.79 Å². The van der Waals surface area contributed by atoms with Gasteiger partial charge in [0, 0.05) is 17.5 Å². The smallest absolute Gasteiger partial charge is 0.226 e. The molecule has 15 heavy (non-hydrogen) atoms. The molecule has 5 heteroatoms. The van der Waals surface area contributed by atoms with Crippen molar-refractivity contribution in [2.24, 2.45) is 5.73 Å². The van der Waals surface area contributed by atoms with E-state index in [0.29, 0.717) is 18.1 Å². The summed E-state index contributed by atoms with van der Waals surface area (Å²) in [7, 11) is 0. The van der Waals surface area contributed by atoms with Crippen LogP contribution in [0.15, 0.2) is 6.20 Å². The van der Waals surface area contributed by atoms with Gasteiger partial charge in [-0.3, -0.25) is 4.79 Å². The average molecular weight is 227 g/mol. The minimum Gasteiger partial charge on any atom is -0.330 e. The molecule has 0 aliphatic heterocycles. The first-order valence-corrected chi connectivity index (χ1v) is 5.96. The maximum absolute atomic E-state index is 11.4. The molecule has 0 aromatic carbocycles. The fourth-order valence-electron chi connectivity index (χ4n) is 1.20. The summed E-state index contributed by atoms with van der Waals surface area (Å²) in [5.41, 5.74) is 5.36. The zero-order valence-corrected chi connectivity index (χ0v) is 9.77. The molecule has 1 aromatic rings. The van der Waals surface area contributed by atoms with Crippen LogP contribution in [0.25, 0.3) is 0 Å². The molecule has 0 spiro atoms. The summed E-state index contributed by atoms with van der Waals surface area (Å²) in [5, 5.41) is 3.47. The zero-order chi connectivity index (χ0) is 11.1. The maximum atomic E-state index is 11.4. The summed E-state index contributed by atoms with van der Waals surface area (Å²) in [4.78, 5) is 16.6. The van der Waals surface area contributed by atoms with E-state index < -0.39 is 0 Å². The van der Waals surface area contributed by atoms with Crippen molar-refractivity contribution in [1.29, 1.82) is 0 Å². The van der Waals surface area contributed by atoms with Crippen molar-refractivity contribution in [3.63, 3.8) is 0 Å². The Labute approximate surface area is 93.9 Å². The van der Waals surface area contributed by atoms with E-state index in [-0.39, 0.29) is 5.91 Å². The van der Waals surface area contributed by atoms with Gasteiger partial charge in [0.05, 0.1) is 0 Å². The third kappa shape index (κ3) is 4.90. The van der Waals surface area contributed by atoms with E-state index in [1.807, 2.05) is 6.92 Å². The van der Waals surface area contributed by atoms with Crippen LogP contribution >= 0.6 is 11.3 Å². The molecule has 1 amide bonds. The fraction of sp³-hybridized carbons (Fsp3) is 0.600. The Bertz CT molecular complexity index is 311. The summed E-state index contributed by atoms with van der Waals surface area (Å²) in [6, 6.07) is 0. The highest BCUT2D eigenvalue weighted by molar-refractivity contribution is 7.15. The second-order valence-corrected chi connectivity index (χ2v) is 4.66. The number of hydrogen-bond donors (Lipinski definition) is 2. The van der Waals surface area contributed by atoms with Crippen LogP contribution in [0.3, 0.4) is 0 Å². The Kier molecular flexibility index (Phi) is 5.28. The number of unbranched alkanes of at least 4 members (excludes halogenated alkanes) is 2. The van der Waals surface area contributed by atoms with E-state index in [0.717, 1.165) is 24.1 Å². The maximum Gasteiger partial charge on any atom is 0.226 e. The second-order valence-electron chi connectivity index (χ2n) is 3.42. The van der Waals surface area contributed by atoms with Crippen LogP contribution in [0, 0.1) is 6.92 Å². The molecule has 0 fully saturated rings.